The Balaban J connectivity index is 1.74. The number of anilines is 1. The molecule has 0 radical (unpaired) electrons. The van der Waals surface area contributed by atoms with Crippen LogP contribution in [0.1, 0.15) is 35.7 Å². The smallest absolute Gasteiger partial charge is 0.255 e. The third-order valence-corrected chi connectivity index (χ3v) is 4.55. The van der Waals surface area contributed by atoms with Crippen molar-refractivity contribution in [1.82, 2.24) is 0 Å². The lowest BCUT2D eigenvalue weighted by atomic mass is 10.1. The van der Waals surface area contributed by atoms with E-state index < -0.39 is 0 Å². The van der Waals surface area contributed by atoms with Crippen LogP contribution in [-0.2, 0) is 11.3 Å². The molecule has 30 heavy (non-hydrogen) atoms. The Kier molecular flexibility index (Phi) is 7.86. The van der Waals surface area contributed by atoms with E-state index in [9.17, 15) is 4.79 Å². The zero-order valence-electron chi connectivity index (χ0n) is 17.4. The summed E-state index contributed by atoms with van der Waals surface area (Å²) >= 11 is 0. The lowest BCUT2D eigenvalue weighted by molar-refractivity contribution is 0.102. The van der Waals surface area contributed by atoms with Gasteiger partial charge in [0.15, 0.2) is 5.75 Å². The largest absolute Gasteiger partial charge is 0.496 e. The minimum absolute atomic E-state index is 0.225. The van der Waals surface area contributed by atoms with Crippen LogP contribution >= 0.6 is 0 Å². The number of nitrogens with one attached hydrogen (secondary N) is 1. The van der Waals surface area contributed by atoms with Crippen molar-refractivity contribution in [1.29, 1.82) is 0 Å². The first-order valence-corrected chi connectivity index (χ1v) is 10.1. The van der Waals surface area contributed by atoms with Crippen molar-refractivity contribution < 1.29 is 19.0 Å². The lowest BCUT2D eigenvalue weighted by Gasteiger charge is -2.14. The number of hydrogen-bond donors (Lipinski definition) is 1. The Morgan fingerprint density at radius 2 is 1.70 bits per heavy atom. The molecular formula is C25H27NO4. The van der Waals surface area contributed by atoms with Gasteiger partial charge in [0.25, 0.3) is 5.91 Å². The van der Waals surface area contributed by atoms with Gasteiger partial charge in [-0.1, -0.05) is 43.7 Å². The first-order chi connectivity index (χ1) is 14.7. The van der Waals surface area contributed by atoms with Gasteiger partial charge in [-0.25, -0.2) is 0 Å². The van der Waals surface area contributed by atoms with Crippen molar-refractivity contribution in [3.8, 4) is 17.2 Å². The number of amides is 1. The fourth-order valence-corrected chi connectivity index (χ4v) is 2.93. The number of carbonyl (C=O) groups excluding carboxylic acids is 1. The fourth-order valence-electron chi connectivity index (χ4n) is 2.93. The van der Waals surface area contributed by atoms with Crippen molar-refractivity contribution in [3.63, 3.8) is 0 Å². The zero-order chi connectivity index (χ0) is 21.2. The summed E-state index contributed by atoms with van der Waals surface area (Å²) in [6.07, 6.45) is 2.07. The molecule has 0 spiro atoms. The third kappa shape index (κ3) is 5.84. The van der Waals surface area contributed by atoms with Gasteiger partial charge >= 0.3 is 0 Å². The summed E-state index contributed by atoms with van der Waals surface area (Å²) in [5, 5.41) is 2.94. The van der Waals surface area contributed by atoms with Crippen LogP contribution in [0.2, 0.25) is 0 Å². The number of hydrogen-bond acceptors (Lipinski definition) is 4. The van der Waals surface area contributed by atoms with E-state index in [-0.39, 0.29) is 5.91 Å². The van der Waals surface area contributed by atoms with Crippen LogP contribution in [0.3, 0.4) is 0 Å². The third-order valence-electron chi connectivity index (χ3n) is 4.55. The van der Waals surface area contributed by atoms with Crippen molar-refractivity contribution in [3.05, 3.63) is 83.9 Å². The quantitative estimate of drug-likeness (QED) is 0.417. The van der Waals surface area contributed by atoms with Crippen LogP contribution in [0, 0.1) is 0 Å². The number of methoxy groups -OCH3 is 1. The van der Waals surface area contributed by atoms with E-state index in [0.29, 0.717) is 41.7 Å². The highest BCUT2D eigenvalue weighted by Gasteiger charge is 2.13. The van der Waals surface area contributed by atoms with Crippen LogP contribution in [0.4, 0.5) is 5.69 Å². The second-order valence-corrected chi connectivity index (χ2v) is 6.80. The van der Waals surface area contributed by atoms with Crippen molar-refractivity contribution >= 4 is 11.6 Å². The maximum absolute atomic E-state index is 12.9. The molecule has 0 aromatic heterocycles. The Hall–Kier alpha value is -3.31. The Morgan fingerprint density at radius 3 is 2.47 bits per heavy atom. The first-order valence-electron chi connectivity index (χ1n) is 10.1. The SMILES string of the molecule is CCCCOCc1cc(C(=O)Nc2ccccc2Oc2ccccc2)ccc1OC. The molecular weight excluding hydrogens is 378 g/mol. The van der Waals surface area contributed by atoms with Gasteiger partial charge in [-0.3, -0.25) is 4.79 Å². The van der Waals surface area contributed by atoms with E-state index in [4.69, 9.17) is 14.2 Å². The molecule has 5 nitrogen and oxygen atoms in total. The number of ether oxygens (including phenoxy) is 3. The van der Waals surface area contributed by atoms with Gasteiger partial charge in [0.1, 0.15) is 11.5 Å². The first kappa shape index (κ1) is 21.4. The molecule has 0 fully saturated rings. The normalized spacial score (nSPS) is 10.5. The standard InChI is InChI=1S/C25H27NO4/c1-3-4-16-29-18-20-17-19(14-15-23(20)28-2)25(27)26-22-12-8-9-13-24(22)30-21-10-6-5-7-11-21/h5-15,17H,3-4,16,18H2,1-2H3,(H,26,27). The number of unbranched alkanes of at least 4 members (excludes halogenated alkanes) is 1. The summed E-state index contributed by atoms with van der Waals surface area (Å²) in [5.74, 6) is 1.76. The van der Waals surface area contributed by atoms with Gasteiger partial charge in [0, 0.05) is 17.7 Å². The summed E-state index contributed by atoms with van der Waals surface area (Å²) in [5.41, 5.74) is 1.97. The molecule has 0 unspecified atom stereocenters. The Bertz CT molecular complexity index is 956. The van der Waals surface area contributed by atoms with Gasteiger partial charge in [-0.2, -0.15) is 0 Å². The minimum Gasteiger partial charge on any atom is -0.496 e. The zero-order valence-corrected chi connectivity index (χ0v) is 17.4. The predicted molar refractivity (Wildman–Crippen MR) is 118 cm³/mol. The average molecular weight is 405 g/mol. The second-order valence-electron chi connectivity index (χ2n) is 6.80. The Labute approximate surface area is 177 Å². The number of benzene rings is 3. The molecule has 3 aromatic carbocycles. The highest BCUT2D eigenvalue weighted by molar-refractivity contribution is 6.05. The van der Waals surface area contributed by atoms with Gasteiger partial charge < -0.3 is 19.5 Å². The molecule has 5 heteroatoms. The lowest BCUT2D eigenvalue weighted by Crippen LogP contribution is -2.13. The molecule has 1 N–H and O–H groups in total. The number of carbonyl (C=O) groups is 1. The minimum atomic E-state index is -0.225. The van der Waals surface area contributed by atoms with Crippen molar-refractivity contribution in [2.24, 2.45) is 0 Å². The summed E-state index contributed by atoms with van der Waals surface area (Å²) in [7, 11) is 1.61. The van der Waals surface area contributed by atoms with Crippen LogP contribution in [0.5, 0.6) is 17.2 Å². The van der Waals surface area contributed by atoms with Crippen molar-refractivity contribution in [2.45, 2.75) is 26.4 Å². The van der Waals surface area contributed by atoms with Gasteiger partial charge in [0.05, 0.1) is 19.4 Å². The topological polar surface area (TPSA) is 56.8 Å². The Morgan fingerprint density at radius 1 is 0.933 bits per heavy atom. The van der Waals surface area contributed by atoms with E-state index in [2.05, 4.69) is 12.2 Å². The summed E-state index contributed by atoms with van der Waals surface area (Å²) in [4.78, 5) is 12.9. The fraction of sp³-hybridized carbons (Fsp3) is 0.240. The highest BCUT2D eigenvalue weighted by atomic mass is 16.5. The molecule has 0 aliphatic carbocycles. The average Bonchev–Trinajstić information content (AvgIpc) is 2.78. The second kappa shape index (κ2) is 11.0. The van der Waals surface area contributed by atoms with Crippen molar-refractivity contribution in [2.75, 3.05) is 19.0 Å². The summed E-state index contributed by atoms with van der Waals surface area (Å²) in [6, 6.07) is 22.2. The molecule has 0 heterocycles. The summed E-state index contributed by atoms with van der Waals surface area (Å²) in [6.45, 7) is 3.20. The van der Waals surface area contributed by atoms with Crippen LogP contribution < -0.4 is 14.8 Å². The van der Waals surface area contributed by atoms with E-state index >= 15 is 0 Å². The molecule has 0 saturated carbocycles. The van der Waals surface area contributed by atoms with E-state index in [1.54, 1.807) is 25.3 Å². The van der Waals surface area contributed by atoms with Crippen LogP contribution in [0.25, 0.3) is 0 Å². The molecule has 0 atom stereocenters. The number of rotatable bonds is 10. The molecule has 0 bridgehead atoms. The number of para-hydroxylation sites is 3. The molecule has 0 saturated heterocycles. The molecule has 3 rings (SSSR count). The summed E-state index contributed by atoms with van der Waals surface area (Å²) < 4.78 is 17.0. The molecule has 156 valence electrons. The van der Waals surface area contributed by atoms with Gasteiger partial charge in [0.2, 0.25) is 0 Å². The molecule has 3 aromatic rings. The monoisotopic (exact) mass is 405 g/mol. The van der Waals surface area contributed by atoms with Gasteiger partial charge in [-0.05, 0) is 48.9 Å². The highest BCUT2D eigenvalue weighted by Crippen LogP contribution is 2.30. The van der Waals surface area contributed by atoms with E-state index in [1.165, 1.54) is 0 Å². The van der Waals surface area contributed by atoms with Crippen LogP contribution in [-0.4, -0.2) is 19.6 Å². The van der Waals surface area contributed by atoms with E-state index in [1.807, 2.05) is 54.6 Å². The maximum Gasteiger partial charge on any atom is 0.255 e. The maximum atomic E-state index is 12.9. The van der Waals surface area contributed by atoms with Crippen LogP contribution in [0.15, 0.2) is 72.8 Å². The molecule has 0 aliphatic heterocycles. The molecule has 1 amide bonds. The predicted octanol–water partition coefficient (Wildman–Crippen LogP) is 6.06. The van der Waals surface area contributed by atoms with Gasteiger partial charge in [-0.15, -0.1) is 0 Å². The molecule has 0 aliphatic rings. The van der Waals surface area contributed by atoms with E-state index in [0.717, 1.165) is 18.4 Å².